The monoisotopic (exact) mass is 182 g/mol. The maximum atomic E-state index is 10.9. The molecule has 0 fully saturated rings. The Bertz CT molecular complexity index is 296. The Kier molecular flexibility index (Phi) is 2.52. The van der Waals surface area contributed by atoms with Crippen LogP contribution in [0, 0.1) is 6.92 Å². The highest BCUT2D eigenvalue weighted by molar-refractivity contribution is 7.97. The molecule has 58 valence electrons. The Labute approximate surface area is 74.6 Å². The summed E-state index contributed by atoms with van der Waals surface area (Å²) in [6, 6.07) is 5.81. The van der Waals surface area contributed by atoms with Crippen molar-refractivity contribution in [3.8, 4) is 0 Å². The zero-order valence-corrected chi connectivity index (χ0v) is 9.48. The molecule has 1 rings (SSSR count). The zero-order chi connectivity index (χ0) is 8.43. The second-order valence-corrected chi connectivity index (χ2v) is 4.11. The molecule has 0 aromatic heterocycles. The van der Waals surface area contributed by atoms with Crippen molar-refractivity contribution in [2.75, 3.05) is 0 Å². The van der Waals surface area contributed by atoms with Crippen LogP contribution in [0.5, 0.6) is 0 Å². The number of carbonyl (C=O) groups is 1. The Morgan fingerprint density at radius 3 is 2.64 bits per heavy atom. The van der Waals surface area contributed by atoms with Crippen molar-refractivity contribution in [2.24, 2.45) is 0 Å². The van der Waals surface area contributed by atoms with Crippen molar-refractivity contribution in [1.29, 1.82) is 0 Å². The van der Waals surface area contributed by atoms with Crippen LogP contribution in [0.4, 0.5) is 0 Å². The van der Waals surface area contributed by atoms with E-state index in [4.69, 9.17) is 0 Å². The number of benzene rings is 1. The molecule has 0 N–H and O–H groups in total. The normalized spacial score (nSPS) is 10.0. The molecule has 0 spiro atoms. The lowest BCUT2D eigenvalue weighted by atomic mass is 10.2. The minimum Gasteiger partial charge on any atom is -0.282 e. The largest absolute Gasteiger partial charge is 0.282 e. The average molecular weight is 182 g/mol. The summed E-state index contributed by atoms with van der Waals surface area (Å²) in [6.45, 7) is 2.02. The summed E-state index contributed by atoms with van der Waals surface area (Å²) in [5, 5.41) is 1.00. The third kappa shape index (κ3) is 1.94. The zero-order valence-electron chi connectivity index (χ0n) is 6.59. The van der Waals surface area contributed by atoms with Crippen LogP contribution in [0.3, 0.4) is 0 Å². The molecule has 0 aliphatic carbocycles. The van der Waals surface area contributed by atoms with Crippen molar-refractivity contribution in [3.05, 3.63) is 29.3 Å². The van der Waals surface area contributed by atoms with Crippen molar-refractivity contribution in [3.63, 3.8) is 0 Å². The molecule has 0 unspecified atom stereocenters. The van der Waals surface area contributed by atoms with Gasteiger partial charge in [0.15, 0.2) is 0 Å². The number of aryl methyl sites for hydroxylation is 1. The second kappa shape index (κ2) is 3.24. The van der Waals surface area contributed by atoms with E-state index >= 15 is 0 Å². The van der Waals surface area contributed by atoms with E-state index < -0.39 is 0 Å². The maximum Gasteiger partial charge on any atom is 0.216 e. The van der Waals surface area contributed by atoms with Gasteiger partial charge in [-0.15, -0.1) is 12.6 Å². The fourth-order valence-corrected chi connectivity index (χ4v) is 2.36. The highest BCUT2D eigenvalue weighted by Gasteiger charge is 2.02. The van der Waals surface area contributed by atoms with E-state index in [-0.39, 0.29) is 5.12 Å². The van der Waals surface area contributed by atoms with Crippen molar-refractivity contribution in [1.82, 2.24) is 0 Å². The third-order valence-corrected chi connectivity index (χ3v) is 2.68. The summed E-state index contributed by atoms with van der Waals surface area (Å²) in [6.07, 6.45) is 0. The molecule has 0 aliphatic heterocycles. The molecule has 0 aliphatic rings. The number of rotatable bonds is 1. The lowest BCUT2D eigenvalue weighted by Gasteiger charge is -2.00. The number of hydrogen-bond donors (Lipinski definition) is 1. The van der Waals surface area contributed by atoms with Crippen LogP contribution in [0.1, 0.15) is 15.9 Å². The van der Waals surface area contributed by atoms with E-state index in [0.29, 0.717) is 0 Å². The van der Waals surface area contributed by atoms with E-state index in [9.17, 15) is 4.79 Å². The summed E-state index contributed by atoms with van der Waals surface area (Å²) >= 11 is 3.77. The molecule has 1 aromatic carbocycles. The SMILES string of the molecule is Cc1ccc(C(=O)S)c([SiH3])c1. The number of carbonyl (C=O) groups excluding carboxylic acids is 1. The van der Waals surface area contributed by atoms with E-state index in [1.165, 1.54) is 5.56 Å². The fraction of sp³-hybridized carbons (Fsp3) is 0.125. The first-order valence-corrected chi connectivity index (χ1v) is 4.86. The van der Waals surface area contributed by atoms with Crippen LogP contribution in [-0.4, -0.2) is 15.4 Å². The van der Waals surface area contributed by atoms with Crippen LogP contribution in [0.2, 0.25) is 0 Å². The van der Waals surface area contributed by atoms with Gasteiger partial charge in [-0.05, 0) is 6.92 Å². The van der Waals surface area contributed by atoms with Gasteiger partial charge in [0.05, 0.1) is 0 Å². The first-order chi connectivity index (χ1) is 5.11. The van der Waals surface area contributed by atoms with Crippen LogP contribution in [0.15, 0.2) is 18.2 Å². The molecule has 3 heteroatoms. The minimum atomic E-state index is -0.130. The van der Waals surface area contributed by atoms with Gasteiger partial charge in [0.1, 0.15) is 0 Å². The topological polar surface area (TPSA) is 17.1 Å². The molecule has 0 saturated heterocycles. The Morgan fingerprint density at radius 2 is 2.18 bits per heavy atom. The van der Waals surface area contributed by atoms with Crippen molar-refractivity contribution < 1.29 is 4.79 Å². The predicted octanol–water partition coefficient (Wildman–Crippen LogP) is 0.0557. The summed E-state index contributed by atoms with van der Waals surface area (Å²) < 4.78 is 0. The second-order valence-electron chi connectivity index (χ2n) is 2.62. The van der Waals surface area contributed by atoms with Crippen LogP contribution < -0.4 is 5.19 Å². The highest BCUT2D eigenvalue weighted by atomic mass is 32.1. The van der Waals surface area contributed by atoms with Gasteiger partial charge in [0, 0.05) is 15.8 Å². The fourth-order valence-electron chi connectivity index (χ4n) is 1.05. The number of hydrogen-bond acceptors (Lipinski definition) is 1. The van der Waals surface area contributed by atoms with Crippen LogP contribution in [-0.2, 0) is 0 Å². The Balaban J connectivity index is 3.20. The number of thiol groups is 1. The summed E-state index contributed by atoms with van der Waals surface area (Å²) in [4.78, 5) is 10.9. The van der Waals surface area contributed by atoms with Crippen LogP contribution in [0.25, 0.3) is 0 Å². The molecule has 0 bridgehead atoms. The van der Waals surface area contributed by atoms with Gasteiger partial charge >= 0.3 is 0 Å². The Morgan fingerprint density at radius 1 is 1.55 bits per heavy atom. The lowest BCUT2D eigenvalue weighted by Crippen LogP contribution is -2.12. The molecule has 0 heterocycles. The molecule has 0 radical (unpaired) electrons. The molecular formula is C8H10OSSi. The lowest BCUT2D eigenvalue weighted by molar-refractivity contribution is 0.109. The van der Waals surface area contributed by atoms with Gasteiger partial charge in [-0.3, -0.25) is 4.79 Å². The van der Waals surface area contributed by atoms with E-state index in [1.54, 1.807) is 0 Å². The van der Waals surface area contributed by atoms with E-state index in [2.05, 4.69) is 12.6 Å². The van der Waals surface area contributed by atoms with Gasteiger partial charge < -0.3 is 0 Å². The van der Waals surface area contributed by atoms with E-state index in [1.807, 2.05) is 25.1 Å². The quantitative estimate of drug-likeness (QED) is 0.480. The summed E-state index contributed by atoms with van der Waals surface area (Å²) in [5.41, 5.74) is 1.96. The van der Waals surface area contributed by atoms with Crippen LogP contribution >= 0.6 is 12.6 Å². The molecule has 11 heavy (non-hydrogen) atoms. The molecular weight excluding hydrogens is 172 g/mol. The van der Waals surface area contributed by atoms with Gasteiger partial charge in [-0.2, -0.15) is 0 Å². The predicted molar refractivity (Wildman–Crippen MR) is 54.1 cm³/mol. The molecule has 0 saturated carbocycles. The van der Waals surface area contributed by atoms with Gasteiger partial charge in [-0.25, -0.2) is 0 Å². The molecule has 1 aromatic rings. The molecule has 0 amide bonds. The summed E-state index contributed by atoms with van der Waals surface area (Å²) in [7, 11) is 0.902. The maximum absolute atomic E-state index is 10.9. The average Bonchev–Trinajstić information content (AvgIpc) is 1.85. The highest BCUT2D eigenvalue weighted by Crippen LogP contribution is 2.02. The first kappa shape index (κ1) is 8.55. The minimum absolute atomic E-state index is 0.130. The van der Waals surface area contributed by atoms with E-state index in [0.717, 1.165) is 21.0 Å². The molecule has 1 nitrogen and oxygen atoms in total. The molecule has 0 atom stereocenters. The first-order valence-electron chi connectivity index (χ1n) is 3.42. The Hall–Kier alpha value is -0.543. The summed E-state index contributed by atoms with van der Waals surface area (Å²) in [5.74, 6) is 0. The third-order valence-electron chi connectivity index (χ3n) is 1.61. The smallest absolute Gasteiger partial charge is 0.216 e. The van der Waals surface area contributed by atoms with Gasteiger partial charge in [-0.1, -0.05) is 28.9 Å². The van der Waals surface area contributed by atoms with Crippen molar-refractivity contribution >= 4 is 33.2 Å². The van der Waals surface area contributed by atoms with Gasteiger partial charge in [0.25, 0.3) is 0 Å². The van der Waals surface area contributed by atoms with Crippen molar-refractivity contribution in [2.45, 2.75) is 6.92 Å². The standard InChI is InChI=1S/C8H10OSSi/c1-5-2-3-6(8(9)10)7(11)4-5/h2-4H,1,11H3,(H,9,10). The van der Waals surface area contributed by atoms with Gasteiger partial charge in [0.2, 0.25) is 5.12 Å².